The van der Waals surface area contributed by atoms with E-state index < -0.39 is 0 Å². The Morgan fingerprint density at radius 3 is 3.00 bits per heavy atom. The third-order valence-corrected chi connectivity index (χ3v) is 4.88. The zero-order chi connectivity index (χ0) is 11.7. The van der Waals surface area contributed by atoms with Crippen LogP contribution in [0.2, 0.25) is 0 Å². The molecular formula is C12H14N2OS2. The standard InChI is InChI=1S/C12H14N2OS2/c15-12(14-5-4-13-8-1-2-8)11-7-10-9(17-11)3-6-16-10/h3,6-8,13H,1-2,4-5H2,(H,14,15). The van der Waals surface area contributed by atoms with Crippen molar-refractivity contribution in [3.05, 3.63) is 22.4 Å². The van der Waals surface area contributed by atoms with E-state index in [9.17, 15) is 4.79 Å². The fraction of sp³-hybridized carbons (Fsp3) is 0.417. The Kier molecular flexibility index (Phi) is 3.13. The molecule has 0 radical (unpaired) electrons. The number of thiophene rings is 2. The SMILES string of the molecule is O=C(NCCNC1CC1)c1cc2sccc2s1. The van der Waals surface area contributed by atoms with Crippen LogP contribution in [0.4, 0.5) is 0 Å². The summed E-state index contributed by atoms with van der Waals surface area (Å²) >= 11 is 3.25. The molecule has 17 heavy (non-hydrogen) atoms. The van der Waals surface area contributed by atoms with Crippen molar-refractivity contribution in [1.82, 2.24) is 10.6 Å². The van der Waals surface area contributed by atoms with Crippen LogP contribution in [0.15, 0.2) is 17.5 Å². The number of carbonyl (C=O) groups excluding carboxylic acids is 1. The minimum Gasteiger partial charge on any atom is -0.350 e. The third kappa shape index (κ3) is 2.68. The van der Waals surface area contributed by atoms with E-state index in [-0.39, 0.29) is 5.91 Å². The molecule has 5 heteroatoms. The van der Waals surface area contributed by atoms with E-state index in [2.05, 4.69) is 22.1 Å². The zero-order valence-electron chi connectivity index (χ0n) is 9.36. The van der Waals surface area contributed by atoms with Crippen molar-refractivity contribution in [2.24, 2.45) is 0 Å². The van der Waals surface area contributed by atoms with E-state index in [0.29, 0.717) is 12.6 Å². The maximum absolute atomic E-state index is 11.8. The summed E-state index contributed by atoms with van der Waals surface area (Å²) in [5.74, 6) is 0.0518. The van der Waals surface area contributed by atoms with Crippen LogP contribution in [0.5, 0.6) is 0 Å². The number of fused-ring (bicyclic) bond motifs is 1. The summed E-state index contributed by atoms with van der Waals surface area (Å²) in [5, 5.41) is 8.38. The van der Waals surface area contributed by atoms with E-state index in [1.807, 2.05) is 6.07 Å². The Morgan fingerprint density at radius 2 is 2.24 bits per heavy atom. The van der Waals surface area contributed by atoms with E-state index >= 15 is 0 Å². The monoisotopic (exact) mass is 266 g/mol. The molecule has 90 valence electrons. The highest BCUT2D eigenvalue weighted by molar-refractivity contribution is 7.27. The maximum atomic E-state index is 11.8. The van der Waals surface area contributed by atoms with Gasteiger partial charge in [-0.25, -0.2) is 0 Å². The van der Waals surface area contributed by atoms with Crippen LogP contribution in [0, 0.1) is 0 Å². The molecule has 0 saturated heterocycles. The average molecular weight is 266 g/mol. The van der Waals surface area contributed by atoms with Gasteiger partial charge in [0.25, 0.3) is 5.91 Å². The normalized spacial score (nSPS) is 15.3. The smallest absolute Gasteiger partial charge is 0.261 e. The highest BCUT2D eigenvalue weighted by Gasteiger charge is 2.19. The number of hydrogen-bond donors (Lipinski definition) is 2. The Bertz CT molecular complexity index is 499. The summed E-state index contributed by atoms with van der Waals surface area (Å²) in [7, 11) is 0. The maximum Gasteiger partial charge on any atom is 0.261 e. The molecule has 0 atom stereocenters. The Morgan fingerprint density at radius 1 is 1.35 bits per heavy atom. The lowest BCUT2D eigenvalue weighted by Crippen LogP contribution is -2.32. The summed E-state index contributed by atoms with van der Waals surface area (Å²) in [6.07, 6.45) is 2.57. The molecule has 0 aromatic carbocycles. The topological polar surface area (TPSA) is 41.1 Å². The molecule has 0 aliphatic heterocycles. The second-order valence-electron chi connectivity index (χ2n) is 4.24. The lowest BCUT2D eigenvalue weighted by molar-refractivity contribution is 0.0958. The van der Waals surface area contributed by atoms with Gasteiger partial charge < -0.3 is 10.6 Å². The molecular weight excluding hydrogens is 252 g/mol. The molecule has 0 spiro atoms. The molecule has 1 saturated carbocycles. The molecule has 1 fully saturated rings. The second kappa shape index (κ2) is 4.76. The molecule has 1 aliphatic carbocycles. The van der Waals surface area contributed by atoms with Gasteiger partial charge >= 0.3 is 0 Å². The van der Waals surface area contributed by atoms with Crippen LogP contribution in [0.3, 0.4) is 0 Å². The fourth-order valence-electron chi connectivity index (χ4n) is 1.70. The summed E-state index contributed by atoms with van der Waals surface area (Å²) in [4.78, 5) is 12.7. The van der Waals surface area contributed by atoms with Crippen molar-refractivity contribution in [2.45, 2.75) is 18.9 Å². The zero-order valence-corrected chi connectivity index (χ0v) is 11.0. The van der Waals surface area contributed by atoms with Gasteiger partial charge in [0.05, 0.1) is 4.88 Å². The molecule has 0 bridgehead atoms. The number of rotatable bonds is 5. The quantitative estimate of drug-likeness (QED) is 0.816. The van der Waals surface area contributed by atoms with Crippen molar-refractivity contribution in [1.29, 1.82) is 0 Å². The highest BCUT2D eigenvalue weighted by atomic mass is 32.1. The van der Waals surface area contributed by atoms with Crippen molar-refractivity contribution in [3.8, 4) is 0 Å². The first-order valence-electron chi connectivity index (χ1n) is 5.81. The van der Waals surface area contributed by atoms with Gasteiger partial charge in [-0.1, -0.05) is 0 Å². The highest BCUT2D eigenvalue weighted by Crippen LogP contribution is 2.29. The van der Waals surface area contributed by atoms with Crippen LogP contribution >= 0.6 is 22.7 Å². The van der Waals surface area contributed by atoms with Crippen LogP contribution in [-0.2, 0) is 0 Å². The molecule has 2 heterocycles. The predicted octanol–water partition coefficient (Wildman–Crippen LogP) is 2.44. The molecule has 3 nitrogen and oxygen atoms in total. The van der Waals surface area contributed by atoms with E-state index in [4.69, 9.17) is 0 Å². The number of nitrogens with one attached hydrogen (secondary N) is 2. The molecule has 0 unspecified atom stereocenters. The first kappa shape index (κ1) is 11.2. The van der Waals surface area contributed by atoms with Gasteiger partial charge in [0, 0.05) is 28.5 Å². The molecule has 1 amide bonds. The second-order valence-corrected chi connectivity index (χ2v) is 6.28. The van der Waals surface area contributed by atoms with Crippen molar-refractivity contribution in [2.75, 3.05) is 13.1 Å². The summed E-state index contributed by atoms with van der Waals surface area (Å²) in [6, 6.07) is 4.75. The number of hydrogen-bond acceptors (Lipinski definition) is 4. The van der Waals surface area contributed by atoms with Gasteiger partial charge in [0.1, 0.15) is 0 Å². The Hall–Kier alpha value is -0.910. The van der Waals surface area contributed by atoms with Crippen molar-refractivity contribution in [3.63, 3.8) is 0 Å². The van der Waals surface area contributed by atoms with Crippen LogP contribution in [0.25, 0.3) is 9.40 Å². The lowest BCUT2D eigenvalue weighted by atomic mass is 10.4. The molecule has 1 aliphatic rings. The first-order chi connectivity index (χ1) is 8.33. The van der Waals surface area contributed by atoms with Crippen molar-refractivity contribution >= 4 is 38.0 Å². The van der Waals surface area contributed by atoms with Crippen LogP contribution in [-0.4, -0.2) is 25.0 Å². The van der Waals surface area contributed by atoms with E-state index in [1.54, 1.807) is 22.7 Å². The lowest BCUT2D eigenvalue weighted by Gasteiger charge is -2.04. The predicted molar refractivity (Wildman–Crippen MR) is 73.1 cm³/mol. The fourth-order valence-corrected chi connectivity index (χ4v) is 3.73. The molecule has 2 aromatic heterocycles. The van der Waals surface area contributed by atoms with Crippen molar-refractivity contribution < 1.29 is 4.79 Å². The minimum absolute atomic E-state index is 0.0518. The number of carbonyl (C=O) groups is 1. The van der Waals surface area contributed by atoms with Crippen LogP contribution in [0.1, 0.15) is 22.5 Å². The largest absolute Gasteiger partial charge is 0.350 e. The van der Waals surface area contributed by atoms with Gasteiger partial charge in [-0.15, -0.1) is 22.7 Å². The average Bonchev–Trinajstić information content (AvgIpc) is 2.87. The Labute approximate surface area is 108 Å². The van der Waals surface area contributed by atoms with E-state index in [0.717, 1.165) is 11.4 Å². The van der Waals surface area contributed by atoms with Gasteiger partial charge in [0.15, 0.2) is 0 Å². The minimum atomic E-state index is 0.0518. The Balaban J connectivity index is 1.52. The summed E-state index contributed by atoms with van der Waals surface area (Å²) in [5.41, 5.74) is 0. The third-order valence-electron chi connectivity index (χ3n) is 2.78. The van der Waals surface area contributed by atoms with Gasteiger partial charge in [-0.2, -0.15) is 0 Å². The van der Waals surface area contributed by atoms with Gasteiger partial charge in [-0.3, -0.25) is 4.79 Å². The van der Waals surface area contributed by atoms with Gasteiger partial charge in [-0.05, 0) is 30.4 Å². The first-order valence-corrected chi connectivity index (χ1v) is 7.51. The van der Waals surface area contributed by atoms with E-state index in [1.165, 1.54) is 22.2 Å². The molecule has 3 rings (SSSR count). The molecule has 2 N–H and O–H groups in total. The number of amides is 1. The van der Waals surface area contributed by atoms with Crippen LogP contribution < -0.4 is 10.6 Å². The summed E-state index contributed by atoms with van der Waals surface area (Å²) in [6.45, 7) is 1.58. The summed E-state index contributed by atoms with van der Waals surface area (Å²) < 4.78 is 2.41. The van der Waals surface area contributed by atoms with Gasteiger partial charge in [0.2, 0.25) is 0 Å². The molecule has 2 aromatic rings.